The summed E-state index contributed by atoms with van der Waals surface area (Å²) in [6, 6.07) is 7.93. The van der Waals surface area contributed by atoms with Gasteiger partial charge < -0.3 is 15.7 Å². The van der Waals surface area contributed by atoms with E-state index in [0.717, 1.165) is 38.3 Å². The van der Waals surface area contributed by atoms with Gasteiger partial charge in [0.1, 0.15) is 0 Å². The first-order valence-electron chi connectivity index (χ1n) is 7.52. The van der Waals surface area contributed by atoms with Crippen LogP contribution in [0.2, 0.25) is 0 Å². The number of benzene rings is 1. The summed E-state index contributed by atoms with van der Waals surface area (Å²) in [5.74, 6) is -0.790. The molecule has 1 aliphatic rings. The van der Waals surface area contributed by atoms with E-state index in [1.807, 2.05) is 18.2 Å². The Morgan fingerprint density at radius 1 is 1.29 bits per heavy atom. The van der Waals surface area contributed by atoms with E-state index >= 15 is 0 Å². The molecule has 1 unspecified atom stereocenters. The van der Waals surface area contributed by atoms with Gasteiger partial charge in [0.05, 0.1) is 0 Å². The van der Waals surface area contributed by atoms with Gasteiger partial charge in [-0.2, -0.15) is 0 Å². The summed E-state index contributed by atoms with van der Waals surface area (Å²) in [5.41, 5.74) is 8.48. The zero-order valence-electron chi connectivity index (χ0n) is 12.7. The van der Waals surface area contributed by atoms with Gasteiger partial charge in [-0.25, -0.2) is 0 Å². The molecule has 3 N–H and O–H groups in total. The van der Waals surface area contributed by atoms with Crippen LogP contribution in [0.3, 0.4) is 0 Å². The van der Waals surface area contributed by atoms with Gasteiger partial charge in [-0.1, -0.05) is 24.3 Å². The minimum Gasteiger partial charge on any atom is -0.481 e. The molecule has 1 aromatic carbocycles. The van der Waals surface area contributed by atoms with E-state index in [1.54, 1.807) is 0 Å². The maximum absolute atomic E-state index is 10.7. The van der Waals surface area contributed by atoms with Gasteiger partial charge in [-0.3, -0.25) is 9.69 Å². The van der Waals surface area contributed by atoms with Crippen molar-refractivity contribution in [3.8, 4) is 0 Å². The molecule has 1 aromatic rings. The molecule has 0 bridgehead atoms. The van der Waals surface area contributed by atoms with Crippen LogP contribution in [0.4, 0.5) is 0 Å². The number of nitrogens with zero attached hydrogens (tertiary/aromatic N) is 2. The lowest BCUT2D eigenvalue weighted by Crippen LogP contribution is -2.44. The summed E-state index contributed by atoms with van der Waals surface area (Å²) in [4.78, 5) is 15.5. The fraction of sp³-hybridized carbons (Fsp3) is 0.562. The number of aliphatic carboxylic acids is 1. The van der Waals surface area contributed by atoms with Crippen LogP contribution in [-0.2, 0) is 11.3 Å². The Bertz CT molecular complexity index is 470. The summed E-state index contributed by atoms with van der Waals surface area (Å²) >= 11 is 0. The molecule has 1 fully saturated rings. The molecule has 0 aromatic heterocycles. The number of hydrogen-bond acceptors (Lipinski definition) is 4. The summed E-state index contributed by atoms with van der Waals surface area (Å²) < 4.78 is 0. The molecule has 21 heavy (non-hydrogen) atoms. The minimum absolute atomic E-state index is 0.115. The van der Waals surface area contributed by atoms with Crippen LogP contribution in [0.5, 0.6) is 0 Å². The van der Waals surface area contributed by atoms with Gasteiger partial charge in [0.2, 0.25) is 0 Å². The highest BCUT2D eigenvalue weighted by Gasteiger charge is 2.17. The van der Waals surface area contributed by atoms with E-state index in [4.69, 9.17) is 10.8 Å². The zero-order chi connectivity index (χ0) is 15.2. The molecule has 0 radical (unpaired) electrons. The third-order valence-electron chi connectivity index (χ3n) is 4.11. The normalized spacial score (nSPS) is 18.6. The Balaban J connectivity index is 2.00. The summed E-state index contributed by atoms with van der Waals surface area (Å²) in [6.45, 7) is 5.20. The number of rotatable bonds is 6. The van der Waals surface area contributed by atoms with Gasteiger partial charge in [0.25, 0.3) is 0 Å². The molecule has 5 heteroatoms. The second-order valence-electron chi connectivity index (χ2n) is 5.82. The van der Waals surface area contributed by atoms with Crippen LogP contribution >= 0.6 is 0 Å². The number of piperazine rings is 1. The second kappa shape index (κ2) is 7.54. The van der Waals surface area contributed by atoms with Crippen molar-refractivity contribution >= 4 is 5.97 Å². The van der Waals surface area contributed by atoms with E-state index in [1.165, 1.54) is 5.56 Å². The summed E-state index contributed by atoms with van der Waals surface area (Å²) in [6.07, 6.45) is 0.596. The SMILES string of the molecule is CN1CCN(Cc2ccccc2C(N)CCC(=O)O)CC1. The first kappa shape index (κ1) is 15.9. The van der Waals surface area contributed by atoms with Gasteiger partial charge in [-0.15, -0.1) is 0 Å². The maximum Gasteiger partial charge on any atom is 0.303 e. The van der Waals surface area contributed by atoms with Crippen molar-refractivity contribution in [2.24, 2.45) is 5.73 Å². The van der Waals surface area contributed by atoms with Crippen LogP contribution in [-0.4, -0.2) is 54.1 Å². The van der Waals surface area contributed by atoms with Gasteiger partial charge in [0.15, 0.2) is 0 Å². The molecule has 1 atom stereocenters. The Morgan fingerprint density at radius 2 is 1.95 bits per heavy atom. The highest BCUT2D eigenvalue weighted by atomic mass is 16.4. The van der Waals surface area contributed by atoms with Crippen molar-refractivity contribution < 1.29 is 9.90 Å². The average Bonchev–Trinajstić information content (AvgIpc) is 2.48. The summed E-state index contributed by atoms with van der Waals surface area (Å²) in [7, 11) is 2.15. The smallest absolute Gasteiger partial charge is 0.303 e. The average molecular weight is 291 g/mol. The Kier molecular flexibility index (Phi) is 5.73. The minimum atomic E-state index is -0.790. The van der Waals surface area contributed by atoms with Crippen LogP contribution < -0.4 is 5.73 Å². The molecule has 2 rings (SSSR count). The van der Waals surface area contributed by atoms with E-state index in [2.05, 4.69) is 22.9 Å². The predicted molar refractivity (Wildman–Crippen MR) is 83.0 cm³/mol. The van der Waals surface area contributed by atoms with E-state index < -0.39 is 5.97 Å². The first-order valence-corrected chi connectivity index (χ1v) is 7.52. The molecule has 1 heterocycles. The predicted octanol–water partition coefficient (Wildman–Crippen LogP) is 1.30. The molecule has 0 aliphatic carbocycles. The third kappa shape index (κ3) is 4.81. The van der Waals surface area contributed by atoms with Crippen LogP contribution in [0.1, 0.15) is 30.0 Å². The highest BCUT2D eigenvalue weighted by Crippen LogP contribution is 2.22. The van der Waals surface area contributed by atoms with Crippen molar-refractivity contribution in [1.29, 1.82) is 0 Å². The number of carboxylic acid groups (broad SMARTS) is 1. The maximum atomic E-state index is 10.7. The van der Waals surface area contributed by atoms with Crippen LogP contribution in [0, 0.1) is 0 Å². The highest BCUT2D eigenvalue weighted by molar-refractivity contribution is 5.66. The fourth-order valence-electron chi connectivity index (χ4n) is 2.72. The number of hydrogen-bond donors (Lipinski definition) is 2. The lowest BCUT2D eigenvalue weighted by molar-refractivity contribution is -0.137. The van der Waals surface area contributed by atoms with Crippen molar-refractivity contribution in [2.45, 2.75) is 25.4 Å². The van der Waals surface area contributed by atoms with Gasteiger partial charge in [-0.05, 0) is 24.6 Å². The fourth-order valence-corrected chi connectivity index (χ4v) is 2.72. The largest absolute Gasteiger partial charge is 0.481 e. The standard InChI is InChI=1S/C16H25N3O2/c1-18-8-10-19(11-9-18)12-13-4-2-3-5-14(13)15(17)6-7-16(20)21/h2-5,15H,6-12,17H2,1H3,(H,20,21). The zero-order valence-corrected chi connectivity index (χ0v) is 12.7. The Labute approximate surface area is 126 Å². The molecular weight excluding hydrogens is 266 g/mol. The molecule has 1 saturated heterocycles. The number of nitrogens with two attached hydrogens (primary N) is 1. The monoisotopic (exact) mass is 291 g/mol. The lowest BCUT2D eigenvalue weighted by atomic mass is 9.97. The molecular formula is C16H25N3O2. The van der Waals surface area contributed by atoms with Gasteiger partial charge >= 0.3 is 5.97 Å². The molecule has 0 spiro atoms. The summed E-state index contributed by atoms with van der Waals surface area (Å²) in [5, 5.41) is 8.80. The van der Waals surface area contributed by atoms with Crippen molar-refractivity contribution in [3.05, 3.63) is 35.4 Å². The van der Waals surface area contributed by atoms with Crippen molar-refractivity contribution in [1.82, 2.24) is 9.80 Å². The Morgan fingerprint density at radius 3 is 2.62 bits per heavy atom. The van der Waals surface area contributed by atoms with E-state index in [0.29, 0.717) is 6.42 Å². The van der Waals surface area contributed by atoms with Gasteiger partial charge in [0, 0.05) is 45.2 Å². The number of carboxylic acids is 1. The molecule has 1 aliphatic heterocycles. The molecule has 0 saturated carbocycles. The molecule has 5 nitrogen and oxygen atoms in total. The first-order chi connectivity index (χ1) is 10.1. The molecule has 0 amide bonds. The van der Waals surface area contributed by atoms with Crippen LogP contribution in [0.15, 0.2) is 24.3 Å². The van der Waals surface area contributed by atoms with E-state index in [-0.39, 0.29) is 12.5 Å². The quantitative estimate of drug-likeness (QED) is 0.827. The Hall–Kier alpha value is -1.43. The number of carbonyl (C=O) groups is 1. The molecule has 116 valence electrons. The van der Waals surface area contributed by atoms with Crippen molar-refractivity contribution in [3.63, 3.8) is 0 Å². The van der Waals surface area contributed by atoms with Crippen LogP contribution in [0.25, 0.3) is 0 Å². The topological polar surface area (TPSA) is 69.8 Å². The number of likely N-dealkylation sites (N-methyl/N-ethyl adjacent to an activating group) is 1. The third-order valence-corrected chi connectivity index (χ3v) is 4.11. The lowest BCUT2D eigenvalue weighted by Gasteiger charge is -2.33. The van der Waals surface area contributed by atoms with E-state index in [9.17, 15) is 4.79 Å². The van der Waals surface area contributed by atoms with Crippen molar-refractivity contribution in [2.75, 3.05) is 33.2 Å². The second-order valence-corrected chi connectivity index (χ2v) is 5.82.